The number of aryl methyl sites for hydroxylation is 1. The van der Waals surface area contributed by atoms with Crippen LogP contribution in [0.4, 0.5) is 4.79 Å². The number of carbonyl (C=O) groups is 3. The van der Waals surface area contributed by atoms with Crippen LogP contribution in [0, 0.1) is 0 Å². The molecule has 1 saturated heterocycles. The van der Waals surface area contributed by atoms with E-state index in [1.165, 1.54) is 5.56 Å². The average molecular weight is 423 g/mol. The van der Waals surface area contributed by atoms with Gasteiger partial charge in [0.15, 0.2) is 11.5 Å². The van der Waals surface area contributed by atoms with Crippen LogP contribution in [0.1, 0.15) is 24.5 Å². The van der Waals surface area contributed by atoms with Gasteiger partial charge in [-0.3, -0.25) is 14.5 Å². The van der Waals surface area contributed by atoms with Crippen LogP contribution in [0.5, 0.6) is 11.5 Å². The number of hydrogen-bond acceptors (Lipinski definition) is 5. The predicted molar refractivity (Wildman–Crippen MR) is 113 cm³/mol. The zero-order valence-electron chi connectivity index (χ0n) is 17.3. The minimum Gasteiger partial charge on any atom is -0.486 e. The van der Waals surface area contributed by atoms with Gasteiger partial charge in [0, 0.05) is 6.54 Å². The summed E-state index contributed by atoms with van der Waals surface area (Å²) in [5.74, 6) is 0.278. The van der Waals surface area contributed by atoms with E-state index in [-0.39, 0.29) is 12.5 Å². The summed E-state index contributed by atoms with van der Waals surface area (Å²) >= 11 is 0. The number of rotatable bonds is 7. The predicted octanol–water partition coefficient (Wildman–Crippen LogP) is 1.97. The number of carbonyl (C=O) groups excluding carboxylic acids is 3. The molecule has 8 heteroatoms. The van der Waals surface area contributed by atoms with Crippen LogP contribution in [0.25, 0.3) is 0 Å². The number of urea groups is 1. The van der Waals surface area contributed by atoms with Crippen LogP contribution in [0.15, 0.2) is 48.5 Å². The van der Waals surface area contributed by atoms with Crippen molar-refractivity contribution in [1.29, 1.82) is 0 Å². The first-order valence-electron chi connectivity index (χ1n) is 10.3. The van der Waals surface area contributed by atoms with Crippen molar-refractivity contribution in [2.75, 3.05) is 26.3 Å². The highest BCUT2D eigenvalue weighted by Gasteiger charge is 2.49. The summed E-state index contributed by atoms with van der Waals surface area (Å²) in [6, 6.07) is 14.5. The third kappa shape index (κ3) is 4.33. The summed E-state index contributed by atoms with van der Waals surface area (Å²) in [5, 5.41) is 5.49. The van der Waals surface area contributed by atoms with Gasteiger partial charge in [0.05, 0.1) is 0 Å². The molecule has 0 saturated carbocycles. The first-order chi connectivity index (χ1) is 15.0. The summed E-state index contributed by atoms with van der Waals surface area (Å²) in [4.78, 5) is 38.8. The minimum absolute atomic E-state index is 0.323. The van der Waals surface area contributed by atoms with E-state index in [1.54, 1.807) is 25.1 Å². The minimum atomic E-state index is -1.28. The van der Waals surface area contributed by atoms with Crippen molar-refractivity contribution >= 4 is 17.8 Å². The maximum absolute atomic E-state index is 13.0. The van der Waals surface area contributed by atoms with E-state index in [0.717, 1.165) is 17.7 Å². The van der Waals surface area contributed by atoms with Crippen LogP contribution in [-0.4, -0.2) is 49.0 Å². The van der Waals surface area contributed by atoms with Crippen molar-refractivity contribution in [3.05, 3.63) is 59.7 Å². The largest absolute Gasteiger partial charge is 0.486 e. The van der Waals surface area contributed by atoms with Gasteiger partial charge in [-0.1, -0.05) is 36.4 Å². The van der Waals surface area contributed by atoms with Gasteiger partial charge in [0.1, 0.15) is 25.3 Å². The molecule has 4 amide bonds. The molecule has 2 aliphatic rings. The lowest BCUT2D eigenvalue weighted by atomic mass is 9.91. The quantitative estimate of drug-likeness (QED) is 0.524. The molecule has 2 aromatic rings. The Kier molecular flexibility index (Phi) is 5.79. The fourth-order valence-electron chi connectivity index (χ4n) is 3.76. The first kappa shape index (κ1) is 20.7. The molecule has 0 unspecified atom stereocenters. The number of nitrogens with zero attached hydrogens (tertiary/aromatic N) is 1. The van der Waals surface area contributed by atoms with Crippen LogP contribution >= 0.6 is 0 Å². The van der Waals surface area contributed by atoms with E-state index in [0.29, 0.717) is 36.8 Å². The van der Waals surface area contributed by atoms with Gasteiger partial charge >= 0.3 is 6.03 Å². The second-order valence-corrected chi connectivity index (χ2v) is 7.74. The summed E-state index contributed by atoms with van der Waals surface area (Å²) < 4.78 is 11.1. The fourth-order valence-corrected chi connectivity index (χ4v) is 3.76. The van der Waals surface area contributed by atoms with Gasteiger partial charge in [0.25, 0.3) is 5.91 Å². The lowest BCUT2D eigenvalue weighted by Crippen LogP contribution is -2.43. The van der Waals surface area contributed by atoms with E-state index >= 15 is 0 Å². The Bertz CT molecular complexity index is 994. The molecular formula is C23H25N3O5. The van der Waals surface area contributed by atoms with Crippen molar-refractivity contribution in [1.82, 2.24) is 15.5 Å². The summed E-state index contributed by atoms with van der Waals surface area (Å²) in [6.07, 6.45) is 1.61. The van der Waals surface area contributed by atoms with Crippen LogP contribution in [0.2, 0.25) is 0 Å². The SMILES string of the molecule is C[C@@]1(c2ccc3c(c2)OCCO3)NC(=O)N(CC(=O)NCCCc2ccccc2)C1=O. The van der Waals surface area contributed by atoms with Gasteiger partial charge in [0.2, 0.25) is 5.91 Å². The van der Waals surface area contributed by atoms with Crippen molar-refractivity contribution in [3.8, 4) is 11.5 Å². The molecule has 4 rings (SSSR count). The molecule has 0 bridgehead atoms. The van der Waals surface area contributed by atoms with E-state index in [9.17, 15) is 14.4 Å². The number of nitrogens with one attached hydrogen (secondary N) is 2. The topological polar surface area (TPSA) is 97.0 Å². The lowest BCUT2D eigenvalue weighted by Gasteiger charge is -2.25. The molecule has 0 aromatic heterocycles. The molecular weight excluding hydrogens is 398 g/mol. The van der Waals surface area contributed by atoms with Gasteiger partial charge in [-0.2, -0.15) is 0 Å². The Labute approximate surface area is 180 Å². The average Bonchev–Trinajstić information content (AvgIpc) is 3.01. The summed E-state index contributed by atoms with van der Waals surface area (Å²) in [5.41, 5.74) is 0.488. The number of hydrogen-bond donors (Lipinski definition) is 2. The first-order valence-corrected chi connectivity index (χ1v) is 10.3. The molecule has 1 fully saturated rings. The molecule has 0 spiro atoms. The molecule has 0 aliphatic carbocycles. The second kappa shape index (κ2) is 8.67. The van der Waals surface area contributed by atoms with Gasteiger partial charge in [-0.05, 0) is 43.0 Å². The van der Waals surface area contributed by atoms with Gasteiger partial charge in [-0.25, -0.2) is 4.79 Å². The summed E-state index contributed by atoms with van der Waals surface area (Å²) in [7, 11) is 0. The van der Waals surface area contributed by atoms with Crippen LogP contribution in [0.3, 0.4) is 0 Å². The number of benzene rings is 2. The highest BCUT2D eigenvalue weighted by atomic mass is 16.6. The number of ether oxygens (including phenoxy) is 2. The highest BCUT2D eigenvalue weighted by molar-refractivity contribution is 6.09. The third-order valence-corrected chi connectivity index (χ3v) is 5.50. The molecule has 0 radical (unpaired) electrons. The number of amides is 4. The molecule has 2 N–H and O–H groups in total. The maximum Gasteiger partial charge on any atom is 0.325 e. The van der Waals surface area contributed by atoms with Crippen molar-refractivity contribution in [2.24, 2.45) is 0 Å². The molecule has 1 atom stereocenters. The molecule has 31 heavy (non-hydrogen) atoms. The second-order valence-electron chi connectivity index (χ2n) is 7.74. The smallest absolute Gasteiger partial charge is 0.325 e. The Morgan fingerprint density at radius 3 is 2.61 bits per heavy atom. The van der Waals surface area contributed by atoms with Gasteiger partial charge < -0.3 is 20.1 Å². The normalized spacial score (nSPS) is 19.8. The highest BCUT2D eigenvalue weighted by Crippen LogP contribution is 2.36. The Morgan fingerprint density at radius 2 is 1.84 bits per heavy atom. The Hall–Kier alpha value is -3.55. The van der Waals surface area contributed by atoms with Crippen LogP contribution < -0.4 is 20.1 Å². The van der Waals surface area contributed by atoms with Crippen molar-refractivity contribution < 1.29 is 23.9 Å². The van der Waals surface area contributed by atoms with E-state index in [4.69, 9.17) is 9.47 Å². The van der Waals surface area contributed by atoms with Crippen LogP contribution in [-0.2, 0) is 21.5 Å². The maximum atomic E-state index is 13.0. The molecule has 8 nitrogen and oxygen atoms in total. The Morgan fingerprint density at radius 1 is 1.10 bits per heavy atom. The summed E-state index contributed by atoms with van der Waals surface area (Å²) in [6.45, 7) is 2.65. The molecule has 162 valence electrons. The number of imide groups is 1. The lowest BCUT2D eigenvalue weighted by molar-refractivity contribution is -0.134. The number of fused-ring (bicyclic) bond motifs is 1. The zero-order chi connectivity index (χ0) is 21.8. The monoisotopic (exact) mass is 423 g/mol. The van der Waals surface area contributed by atoms with E-state index in [1.807, 2.05) is 30.3 Å². The van der Waals surface area contributed by atoms with Crippen molar-refractivity contribution in [3.63, 3.8) is 0 Å². The van der Waals surface area contributed by atoms with Gasteiger partial charge in [-0.15, -0.1) is 0 Å². The Balaban J connectivity index is 1.35. The molecule has 2 heterocycles. The fraction of sp³-hybridized carbons (Fsp3) is 0.348. The van der Waals surface area contributed by atoms with E-state index in [2.05, 4.69) is 10.6 Å². The standard InChI is InChI=1S/C23H25N3O5/c1-23(17-9-10-18-19(14-17)31-13-12-30-18)21(28)26(22(29)25-23)15-20(27)24-11-5-8-16-6-3-2-4-7-16/h2-4,6-7,9-10,14H,5,8,11-13,15H2,1H3,(H,24,27)(H,25,29)/t23-/m0/s1. The molecule has 2 aliphatic heterocycles. The van der Waals surface area contributed by atoms with Crippen molar-refractivity contribution in [2.45, 2.75) is 25.3 Å². The van der Waals surface area contributed by atoms with E-state index < -0.39 is 17.5 Å². The molecule has 2 aromatic carbocycles. The zero-order valence-corrected chi connectivity index (χ0v) is 17.3. The third-order valence-electron chi connectivity index (χ3n) is 5.50.